The van der Waals surface area contributed by atoms with Gasteiger partial charge in [0.25, 0.3) is 0 Å². The minimum absolute atomic E-state index is 0.0220. The number of carbonyl (C=O) groups is 1. The van der Waals surface area contributed by atoms with Crippen LogP contribution in [0.5, 0.6) is 0 Å². The van der Waals surface area contributed by atoms with E-state index in [4.69, 9.17) is 9.15 Å². The third-order valence-corrected chi connectivity index (χ3v) is 4.75. The van der Waals surface area contributed by atoms with Gasteiger partial charge in [-0.05, 0) is 39.8 Å². The lowest BCUT2D eigenvalue weighted by Crippen LogP contribution is -2.51. The lowest BCUT2D eigenvalue weighted by Gasteiger charge is -2.37. The predicted molar refractivity (Wildman–Crippen MR) is 84.3 cm³/mol. The van der Waals surface area contributed by atoms with Crippen molar-refractivity contribution in [1.29, 1.82) is 0 Å². The summed E-state index contributed by atoms with van der Waals surface area (Å²) in [5, 5.41) is 6.62. The van der Waals surface area contributed by atoms with E-state index in [-0.39, 0.29) is 29.9 Å². The fourth-order valence-electron chi connectivity index (χ4n) is 3.52. The van der Waals surface area contributed by atoms with E-state index in [1.54, 1.807) is 0 Å². The Bertz CT molecular complexity index is 619. The van der Waals surface area contributed by atoms with Crippen molar-refractivity contribution >= 4 is 5.91 Å². The zero-order valence-corrected chi connectivity index (χ0v) is 14.8. The maximum Gasteiger partial charge on any atom is 0.470 e. The Morgan fingerprint density at radius 2 is 1.77 bits per heavy atom. The molecule has 7 nitrogen and oxygen atoms in total. The van der Waals surface area contributed by atoms with Gasteiger partial charge in [-0.25, -0.2) is 0 Å². The van der Waals surface area contributed by atoms with Crippen molar-refractivity contribution in [1.82, 2.24) is 20.0 Å². The molecule has 0 saturated carbocycles. The number of alkyl halides is 3. The van der Waals surface area contributed by atoms with Gasteiger partial charge in [-0.2, -0.15) is 13.2 Å². The topological polar surface area (TPSA) is 71.7 Å². The summed E-state index contributed by atoms with van der Waals surface area (Å²) in [4.78, 5) is 16.3. The van der Waals surface area contributed by atoms with Gasteiger partial charge in [0.15, 0.2) is 0 Å². The second-order valence-electron chi connectivity index (χ2n) is 7.05. The predicted octanol–water partition coefficient (Wildman–Crippen LogP) is 1.90. The minimum Gasteiger partial charge on any atom is -0.417 e. The van der Waals surface area contributed by atoms with E-state index in [1.165, 1.54) is 0 Å². The first kappa shape index (κ1) is 19.1. The van der Waals surface area contributed by atoms with E-state index < -0.39 is 12.1 Å². The average Bonchev–Trinajstić information content (AvgIpc) is 3.05. The molecule has 2 aliphatic rings. The molecule has 0 radical (unpaired) electrons. The summed E-state index contributed by atoms with van der Waals surface area (Å²) in [6.45, 7) is 6.58. The Morgan fingerprint density at radius 1 is 1.15 bits per heavy atom. The fraction of sp³-hybridized carbons (Fsp3) is 0.812. The maximum atomic E-state index is 12.6. The van der Waals surface area contributed by atoms with Crippen molar-refractivity contribution in [2.24, 2.45) is 0 Å². The molecule has 0 aromatic carbocycles. The second kappa shape index (κ2) is 7.51. The van der Waals surface area contributed by atoms with Crippen LogP contribution in [0.4, 0.5) is 13.2 Å². The molecule has 0 N–H and O–H groups in total. The van der Waals surface area contributed by atoms with Crippen LogP contribution in [0.3, 0.4) is 0 Å². The van der Waals surface area contributed by atoms with Crippen LogP contribution >= 0.6 is 0 Å². The number of rotatable bonds is 3. The number of amides is 1. The van der Waals surface area contributed by atoms with Gasteiger partial charge in [0.05, 0.1) is 18.8 Å². The maximum absolute atomic E-state index is 12.6. The largest absolute Gasteiger partial charge is 0.470 e. The monoisotopic (exact) mass is 376 g/mol. The smallest absolute Gasteiger partial charge is 0.417 e. The van der Waals surface area contributed by atoms with Crippen molar-refractivity contribution in [2.75, 3.05) is 32.7 Å². The Kier molecular flexibility index (Phi) is 5.52. The number of aromatic nitrogens is 2. The molecule has 2 aliphatic heterocycles. The SMILES string of the molecule is CC1CN(C(=O)CN2CCC(c3nnc(C(F)(F)F)o3)CC2)CC(C)O1. The lowest BCUT2D eigenvalue weighted by molar-refractivity contribution is -0.157. The van der Waals surface area contributed by atoms with Gasteiger partial charge >= 0.3 is 12.1 Å². The number of carbonyl (C=O) groups excluding carboxylic acids is 1. The van der Waals surface area contributed by atoms with E-state index >= 15 is 0 Å². The highest BCUT2D eigenvalue weighted by Gasteiger charge is 2.39. The molecule has 2 fully saturated rings. The van der Waals surface area contributed by atoms with Crippen LogP contribution in [-0.2, 0) is 15.7 Å². The van der Waals surface area contributed by atoms with E-state index in [0.717, 1.165) is 0 Å². The van der Waals surface area contributed by atoms with Gasteiger partial charge in [0.1, 0.15) is 0 Å². The number of morpholine rings is 1. The van der Waals surface area contributed by atoms with Crippen LogP contribution in [0, 0.1) is 0 Å². The molecule has 10 heteroatoms. The summed E-state index contributed by atoms with van der Waals surface area (Å²) in [6.07, 6.45) is -3.40. The number of piperidine rings is 1. The van der Waals surface area contributed by atoms with Crippen molar-refractivity contribution < 1.29 is 27.1 Å². The first-order valence-corrected chi connectivity index (χ1v) is 8.78. The van der Waals surface area contributed by atoms with Gasteiger partial charge in [0, 0.05) is 19.0 Å². The molecule has 0 bridgehead atoms. The highest BCUT2D eigenvalue weighted by Crippen LogP contribution is 2.32. The lowest BCUT2D eigenvalue weighted by atomic mass is 9.97. The summed E-state index contributed by atoms with van der Waals surface area (Å²) in [7, 11) is 0. The number of ether oxygens (including phenoxy) is 1. The number of likely N-dealkylation sites (tertiary alicyclic amines) is 1. The van der Waals surface area contributed by atoms with Gasteiger partial charge < -0.3 is 14.1 Å². The summed E-state index contributed by atoms with van der Waals surface area (Å²) < 4.78 is 48.1. The van der Waals surface area contributed by atoms with Crippen LogP contribution in [-0.4, -0.2) is 70.8 Å². The van der Waals surface area contributed by atoms with E-state index in [1.807, 2.05) is 23.6 Å². The van der Waals surface area contributed by atoms with Crippen molar-refractivity contribution in [3.8, 4) is 0 Å². The van der Waals surface area contributed by atoms with Crippen molar-refractivity contribution in [3.05, 3.63) is 11.8 Å². The van der Waals surface area contributed by atoms with Crippen LogP contribution < -0.4 is 0 Å². The molecule has 3 heterocycles. The number of hydrogen-bond donors (Lipinski definition) is 0. The molecular weight excluding hydrogens is 353 g/mol. The summed E-state index contributed by atoms with van der Waals surface area (Å²) in [5.41, 5.74) is 0. The summed E-state index contributed by atoms with van der Waals surface area (Å²) >= 11 is 0. The molecule has 1 amide bonds. The van der Waals surface area contributed by atoms with E-state index in [2.05, 4.69) is 10.2 Å². The molecule has 2 unspecified atom stereocenters. The Labute approximate surface area is 149 Å². The summed E-state index contributed by atoms with van der Waals surface area (Å²) in [6, 6.07) is 0. The average molecular weight is 376 g/mol. The first-order valence-electron chi connectivity index (χ1n) is 8.78. The number of halogens is 3. The van der Waals surface area contributed by atoms with Crippen LogP contribution in [0.25, 0.3) is 0 Å². The van der Waals surface area contributed by atoms with Gasteiger partial charge in [0.2, 0.25) is 11.8 Å². The molecule has 2 atom stereocenters. The molecule has 3 rings (SSSR count). The number of nitrogens with zero attached hydrogens (tertiary/aromatic N) is 4. The van der Waals surface area contributed by atoms with E-state index in [9.17, 15) is 18.0 Å². The van der Waals surface area contributed by atoms with Crippen molar-refractivity contribution in [2.45, 2.75) is 51.0 Å². The quantitative estimate of drug-likeness (QED) is 0.803. The molecule has 0 spiro atoms. The highest BCUT2D eigenvalue weighted by molar-refractivity contribution is 5.78. The van der Waals surface area contributed by atoms with Gasteiger partial charge in [-0.15, -0.1) is 10.2 Å². The Morgan fingerprint density at radius 3 is 2.31 bits per heavy atom. The standard InChI is InChI=1S/C16H23F3N4O3/c1-10-7-23(8-11(2)25-10)13(24)9-22-5-3-12(4-6-22)14-20-21-15(26-14)16(17,18)19/h10-12H,3-9H2,1-2H3. The van der Waals surface area contributed by atoms with Crippen LogP contribution in [0.15, 0.2) is 4.42 Å². The van der Waals surface area contributed by atoms with E-state index in [0.29, 0.717) is 45.6 Å². The van der Waals surface area contributed by atoms with Gasteiger partial charge in [-0.1, -0.05) is 0 Å². The van der Waals surface area contributed by atoms with Crippen LogP contribution in [0.1, 0.15) is 44.4 Å². The normalized spacial score (nSPS) is 26.3. The van der Waals surface area contributed by atoms with Gasteiger partial charge in [-0.3, -0.25) is 9.69 Å². The first-order chi connectivity index (χ1) is 12.2. The number of hydrogen-bond acceptors (Lipinski definition) is 6. The third-order valence-electron chi connectivity index (χ3n) is 4.75. The highest BCUT2D eigenvalue weighted by atomic mass is 19.4. The second-order valence-corrected chi connectivity index (χ2v) is 7.05. The zero-order chi connectivity index (χ0) is 18.9. The van der Waals surface area contributed by atoms with Crippen LogP contribution in [0.2, 0.25) is 0 Å². The molecule has 2 saturated heterocycles. The van der Waals surface area contributed by atoms with Crippen molar-refractivity contribution in [3.63, 3.8) is 0 Å². The summed E-state index contributed by atoms with van der Waals surface area (Å²) in [5.74, 6) is -1.42. The fourth-order valence-corrected chi connectivity index (χ4v) is 3.52. The molecule has 146 valence electrons. The Balaban J connectivity index is 1.49. The molecular formula is C16H23F3N4O3. The third kappa shape index (κ3) is 4.53. The molecule has 1 aromatic rings. The minimum atomic E-state index is -4.62. The molecule has 26 heavy (non-hydrogen) atoms. The molecule has 1 aromatic heterocycles. The zero-order valence-electron chi connectivity index (χ0n) is 14.8. The Hall–Kier alpha value is -1.68. The molecule has 0 aliphatic carbocycles.